The summed E-state index contributed by atoms with van der Waals surface area (Å²) >= 11 is 0. The minimum atomic E-state index is -0.312. The zero-order valence-electron chi connectivity index (χ0n) is 14.1. The molecule has 2 aromatic carbocycles. The fourth-order valence-electron chi connectivity index (χ4n) is 2.89. The monoisotopic (exact) mass is 325 g/mol. The lowest BCUT2D eigenvalue weighted by molar-refractivity contribution is -0.141. The quantitative estimate of drug-likeness (QED) is 0.795. The maximum absolute atomic E-state index is 11.7. The van der Waals surface area contributed by atoms with Crippen molar-refractivity contribution < 1.29 is 14.3 Å². The Morgan fingerprint density at radius 2 is 1.42 bits per heavy atom. The van der Waals surface area contributed by atoms with Gasteiger partial charge < -0.3 is 10.1 Å². The zero-order valence-corrected chi connectivity index (χ0v) is 14.1. The average Bonchev–Trinajstić information content (AvgIpc) is 2.56. The van der Waals surface area contributed by atoms with Crippen LogP contribution in [0.5, 0.6) is 0 Å². The van der Waals surface area contributed by atoms with Crippen molar-refractivity contribution in [3.05, 3.63) is 71.8 Å². The molecule has 2 rings (SSSR count). The first-order chi connectivity index (χ1) is 11.6. The van der Waals surface area contributed by atoms with Gasteiger partial charge >= 0.3 is 5.97 Å². The number of nitrogens with one attached hydrogen (secondary N) is 1. The van der Waals surface area contributed by atoms with Crippen molar-refractivity contribution >= 4 is 11.9 Å². The summed E-state index contributed by atoms with van der Waals surface area (Å²) in [5.41, 5.74) is 2.23. The van der Waals surface area contributed by atoms with Crippen molar-refractivity contribution in [2.24, 2.45) is 0 Å². The van der Waals surface area contributed by atoms with E-state index in [1.54, 1.807) is 0 Å². The molecule has 4 nitrogen and oxygen atoms in total. The second kappa shape index (κ2) is 8.87. The van der Waals surface area contributed by atoms with E-state index in [1.807, 2.05) is 36.4 Å². The molecule has 2 aromatic rings. The van der Waals surface area contributed by atoms with Crippen LogP contribution in [-0.2, 0) is 14.3 Å². The van der Waals surface area contributed by atoms with Crippen molar-refractivity contribution in [3.8, 4) is 0 Å². The first kappa shape index (κ1) is 17.7. The van der Waals surface area contributed by atoms with E-state index in [1.165, 1.54) is 13.8 Å². The number of hydrogen-bond donors (Lipinski definition) is 1. The minimum Gasteiger partial charge on any atom is -0.466 e. The summed E-state index contributed by atoms with van der Waals surface area (Å²) in [7, 11) is 0. The number of hydrogen-bond acceptors (Lipinski definition) is 3. The summed E-state index contributed by atoms with van der Waals surface area (Å²) in [6, 6.07) is 19.9. The molecule has 0 bridgehead atoms. The number of rotatable bonds is 7. The Morgan fingerprint density at radius 3 is 1.83 bits per heavy atom. The number of benzene rings is 2. The molecule has 0 aliphatic rings. The molecule has 0 aromatic heterocycles. The summed E-state index contributed by atoms with van der Waals surface area (Å²) in [5, 5.41) is 3.02. The van der Waals surface area contributed by atoms with Crippen molar-refractivity contribution in [3.63, 3.8) is 0 Å². The van der Waals surface area contributed by atoms with Gasteiger partial charge in [0.25, 0.3) is 0 Å². The van der Waals surface area contributed by atoms with Gasteiger partial charge in [-0.05, 0) is 11.1 Å². The van der Waals surface area contributed by atoms with E-state index in [0.29, 0.717) is 6.42 Å². The summed E-state index contributed by atoms with van der Waals surface area (Å²) in [6.45, 7) is 3.17. The lowest BCUT2D eigenvalue weighted by Gasteiger charge is -2.28. The number of amides is 1. The number of carbonyl (C=O) groups is 2. The van der Waals surface area contributed by atoms with Crippen LogP contribution in [0.3, 0.4) is 0 Å². The van der Waals surface area contributed by atoms with Crippen LogP contribution in [0.2, 0.25) is 0 Å². The fourth-order valence-corrected chi connectivity index (χ4v) is 2.89. The van der Waals surface area contributed by atoms with Crippen molar-refractivity contribution in [2.45, 2.75) is 32.2 Å². The molecular formula is C20H23NO3. The summed E-state index contributed by atoms with van der Waals surface area (Å²) in [5.74, 6) is -0.418. The largest absolute Gasteiger partial charge is 0.466 e. The topological polar surface area (TPSA) is 55.4 Å². The Bertz CT molecular complexity index is 616. The van der Waals surface area contributed by atoms with Crippen LogP contribution in [0, 0.1) is 0 Å². The van der Waals surface area contributed by atoms with Crippen LogP contribution in [0.15, 0.2) is 60.7 Å². The van der Waals surface area contributed by atoms with E-state index < -0.39 is 0 Å². The van der Waals surface area contributed by atoms with Gasteiger partial charge in [0.2, 0.25) is 5.91 Å². The minimum absolute atomic E-state index is 0.00754. The molecule has 0 unspecified atom stereocenters. The lowest BCUT2D eigenvalue weighted by Crippen LogP contribution is -2.39. The number of carbonyl (C=O) groups excluding carboxylic acids is 2. The van der Waals surface area contributed by atoms with Gasteiger partial charge in [-0.25, -0.2) is 0 Å². The molecule has 0 saturated heterocycles. The van der Waals surface area contributed by atoms with Crippen molar-refractivity contribution in [1.29, 1.82) is 0 Å². The highest BCUT2D eigenvalue weighted by molar-refractivity contribution is 5.73. The molecule has 0 aliphatic carbocycles. The molecule has 0 spiro atoms. The molecule has 0 aliphatic heterocycles. The van der Waals surface area contributed by atoms with Crippen LogP contribution in [0.1, 0.15) is 37.3 Å². The Labute approximate surface area is 142 Å². The van der Waals surface area contributed by atoms with Gasteiger partial charge in [0.1, 0.15) is 0 Å². The molecular weight excluding hydrogens is 302 g/mol. The molecule has 1 atom stereocenters. The molecule has 1 amide bonds. The lowest BCUT2D eigenvalue weighted by atomic mass is 9.83. The predicted molar refractivity (Wildman–Crippen MR) is 93.6 cm³/mol. The normalized spacial score (nSPS) is 11.8. The van der Waals surface area contributed by atoms with E-state index in [9.17, 15) is 9.59 Å². The average molecular weight is 325 g/mol. The molecule has 4 heteroatoms. The van der Waals surface area contributed by atoms with E-state index in [2.05, 4.69) is 29.6 Å². The summed E-state index contributed by atoms with van der Waals surface area (Å²) < 4.78 is 5.09. The van der Waals surface area contributed by atoms with E-state index in [4.69, 9.17) is 4.74 Å². The third-order valence-electron chi connectivity index (χ3n) is 3.84. The van der Waals surface area contributed by atoms with E-state index >= 15 is 0 Å². The third kappa shape index (κ3) is 5.23. The van der Waals surface area contributed by atoms with Gasteiger partial charge in [-0.15, -0.1) is 0 Å². The van der Waals surface area contributed by atoms with E-state index in [0.717, 1.165) is 11.1 Å². The maximum atomic E-state index is 11.7. The second-order valence-corrected chi connectivity index (χ2v) is 5.73. The standard InChI is InChI=1S/C20H23NO3/c1-15(22)21-19(13-14-24-16(2)23)20(17-9-5-3-6-10-17)18-11-7-4-8-12-18/h3-12,19-20H,13-14H2,1-2H3,(H,21,22)/t19-/m0/s1. The second-order valence-electron chi connectivity index (χ2n) is 5.73. The van der Waals surface area contributed by atoms with Crippen LogP contribution < -0.4 is 5.32 Å². The molecule has 0 fully saturated rings. The van der Waals surface area contributed by atoms with Crippen LogP contribution >= 0.6 is 0 Å². The molecule has 0 heterocycles. The van der Waals surface area contributed by atoms with E-state index in [-0.39, 0.29) is 30.4 Å². The smallest absolute Gasteiger partial charge is 0.302 e. The SMILES string of the molecule is CC(=O)N[C@@H](CCOC(C)=O)C(c1ccccc1)c1ccccc1. The summed E-state index contributed by atoms with van der Waals surface area (Å²) in [6.07, 6.45) is 0.549. The molecule has 1 N–H and O–H groups in total. The highest BCUT2D eigenvalue weighted by Gasteiger charge is 2.25. The van der Waals surface area contributed by atoms with Crippen LogP contribution in [-0.4, -0.2) is 24.5 Å². The molecule has 0 saturated carbocycles. The Balaban J connectivity index is 2.33. The fraction of sp³-hybridized carbons (Fsp3) is 0.300. The molecule has 24 heavy (non-hydrogen) atoms. The molecule has 0 radical (unpaired) electrons. The summed E-state index contributed by atoms with van der Waals surface area (Å²) in [4.78, 5) is 22.7. The molecule has 126 valence electrons. The highest BCUT2D eigenvalue weighted by Crippen LogP contribution is 2.29. The first-order valence-corrected chi connectivity index (χ1v) is 8.08. The van der Waals surface area contributed by atoms with Gasteiger partial charge in [-0.2, -0.15) is 0 Å². The van der Waals surface area contributed by atoms with Gasteiger partial charge in [0.05, 0.1) is 6.61 Å². The van der Waals surface area contributed by atoms with Crippen LogP contribution in [0.25, 0.3) is 0 Å². The Hall–Kier alpha value is -2.62. The number of ether oxygens (including phenoxy) is 1. The highest BCUT2D eigenvalue weighted by atomic mass is 16.5. The zero-order chi connectivity index (χ0) is 17.4. The van der Waals surface area contributed by atoms with Gasteiger partial charge in [-0.3, -0.25) is 9.59 Å². The third-order valence-corrected chi connectivity index (χ3v) is 3.84. The van der Waals surface area contributed by atoms with Gasteiger partial charge in [-0.1, -0.05) is 60.7 Å². The Kier molecular flexibility index (Phi) is 6.55. The first-order valence-electron chi connectivity index (χ1n) is 8.08. The van der Waals surface area contributed by atoms with Crippen molar-refractivity contribution in [2.75, 3.05) is 6.61 Å². The van der Waals surface area contributed by atoms with Crippen molar-refractivity contribution in [1.82, 2.24) is 5.32 Å². The van der Waals surface area contributed by atoms with Gasteiger partial charge in [0, 0.05) is 32.2 Å². The predicted octanol–water partition coefficient (Wildman–Crippen LogP) is 3.28. The maximum Gasteiger partial charge on any atom is 0.302 e. The van der Waals surface area contributed by atoms with Gasteiger partial charge in [0.15, 0.2) is 0 Å². The van der Waals surface area contributed by atoms with Crippen LogP contribution in [0.4, 0.5) is 0 Å². The number of esters is 1. The Morgan fingerprint density at radius 1 is 0.917 bits per heavy atom.